The zero-order valence-electron chi connectivity index (χ0n) is 9.20. The van der Waals surface area contributed by atoms with E-state index in [-0.39, 0.29) is 0 Å². The Labute approximate surface area is 118 Å². The van der Waals surface area contributed by atoms with Gasteiger partial charge in [-0.3, -0.25) is 0 Å². The highest BCUT2D eigenvalue weighted by Crippen LogP contribution is 2.42. The molecule has 2 aromatic heterocycles. The molecule has 0 aliphatic heterocycles. The van der Waals surface area contributed by atoms with Gasteiger partial charge >= 0.3 is 0 Å². The van der Waals surface area contributed by atoms with E-state index in [1.165, 1.54) is 12.8 Å². The summed E-state index contributed by atoms with van der Waals surface area (Å²) in [6.45, 7) is 1.90. The van der Waals surface area contributed by atoms with Gasteiger partial charge in [0.1, 0.15) is 10.9 Å². The Morgan fingerprint density at radius 2 is 2.18 bits per heavy atom. The van der Waals surface area contributed by atoms with Crippen molar-refractivity contribution in [3.05, 3.63) is 32.5 Å². The van der Waals surface area contributed by atoms with Gasteiger partial charge in [-0.1, -0.05) is 11.6 Å². The van der Waals surface area contributed by atoms with Gasteiger partial charge in [0.25, 0.3) is 0 Å². The quantitative estimate of drug-likeness (QED) is 0.596. The molecule has 0 aromatic carbocycles. The monoisotopic (exact) mass is 360 g/mol. The first kappa shape index (κ1) is 11.5. The first-order valence-corrected chi connectivity index (χ1v) is 6.90. The molecular weight excluding hydrogens is 351 g/mol. The molecule has 0 radical (unpaired) electrons. The van der Waals surface area contributed by atoms with Crippen molar-refractivity contribution in [2.75, 3.05) is 0 Å². The molecule has 3 rings (SSSR count). The highest BCUT2D eigenvalue weighted by Gasteiger charge is 2.29. The number of nitrogens with zero attached hydrogens (tertiary/aromatic N) is 2. The largest absolute Gasteiger partial charge is 0.469 e. The van der Waals surface area contributed by atoms with Crippen LogP contribution in [0.15, 0.2) is 16.7 Å². The van der Waals surface area contributed by atoms with Crippen LogP contribution in [0.3, 0.4) is 0 Å². The first-order valence-electron chi connectivity index (χ1n) is 5.44. The molecular formula is C12H10ClIN2O. The van der Waals surface area contributed by atoms with Crippen molar-refractivity contribution in [2.24, 2.45) is 0 Å². The van der Waals surface area contributed by atoms with E-state index in [1.807, 2.05) is 13.0 Å². The second-order valence-corrected chi connectivity index (χ2v) is 5.64. The van der Waals surface area contributed by atoms with Crippen LogP contribution in [0.1, 0.15) is 30.2 Å². The Kier molecular flexibility index (Phi) is 2.86. The van der Waals surface area contributed by atoms with E-state index >= 15 is 0 Å². The van der Waals surface area contributed by atoms with Crippen molar-refractivity contribution >= 4 is 34.2 Å². The minimum atomic E-state index is 0.540. The number of aryl methyl sites for hydroxylation is 1. The zero-order chi connectivity index (χ0) is 12.0. The maximum Gasteiger partial charge on any atom is 0.164 e. The van der Waals surface area contributed by atoms with Gasteiger partial charge in [-0.05, 0) is 48.4 Å². The van der Waals surface area contributed by atoms with E-state index in [9.17, 15) is 0 Å². The van der Waals surface area contributed by atoms with Gasteiger partial charge in [-0.25, -0.2) is 9.97 Å². The fraction of sp³-hybridized carbons (Fsp3) is 0.333. The van der Waals surface area contributed by atoms with E-state index in [1.54, 1.807) is 6.26 Å². The summed E-state index contributed by atoms with van der Waals surface area (Å²) in [7, 11) is 0. The number of hydrogen-bond donors (Lipinski definition) is 0. The van der Waals surface area contributed by atoms with Crippen molar-refractivity contribution in [2.45, 2.75) is 25.7 Å². The number of halogens is 2. The van der Waals surface area contributed by atoms with E-state index in [2.05, 4.69) is 32.6 Å². The van der Waals surface area contributed by atoms with Gasteiger partial charge in [0, 0.05) is 5.92 Å². The third kappa shape index (κ3) is 2.08. The summed E-state index contributed by atoms with van der Waals surface area (Å²) >= 11 is 8.39. The Morgan fingerprint density at radius 1 is 1.41 bits per heavy atom. The Morgan fingerprint density at radius 3 is 2.76 bits per heavy atom. The average molecular weight is 361 g/mol. The van der Waals surface area contributed by atoms with Crippen molar-refractivity contribution in [1.29, 1.82) is 0 Å². The predicted molar refractivity (Wildman–Crippen MR) is 74.2 cm³/mol. The molecule has 0 spiro atoms. The molecule has 1 aliphatic rings. The maximum atomic E-state index is 6.17. The molecule has 1 saturated carbocycles. The lowest BCUT2D eigenvalue weighted by atomic mass is 10.2. The maximum absolute atomic E-state index is 6.17. The van der Waals surface area contributed by atoms with Gasteiger partial charge in [0.15, 0.2) is 5.82 Å². The smallest absolute Gasteiger partial charge is 0.164 e. The van der Waals surface area contributed by atoms with Crippen LogP contribution in [-0.2, 0) is 0 Å². The third-order valence-corrected chi connectivity index (χ3v) is 4.56. The average Bonchev–Trinajstić information content (AvgIpc) is 3.05. The summed E-state index contributed by atoms with van der Waals surface area (Å²) in [4.78, 5) is 8.97. The van der Waals surface area contributed by atoms with E-state index in [0.29, 0.717) is 16.9 Å². The first-order chi connectivity index (χ1) is 8.16. The lowest BCUT2D eigenvalue weighted by Gasteiger charge is -2.06. The highest BCUT2D eigenvalue weighted by atomic mass is 127. The Hall–Kier alpha value is -0.620. The van der Waals surface area contributed by atoms with Crippen molar-refractivity contribution in [3.63, 3.8) is 0 Å². The normalized spacial score (nSPS) is 15.2. The van der Waals surface area contributed by atoms with Crippen LogP contribution >= 0.6 is 34.2 Å². The molecule has 0 unspecified atom stereocenters. The molecule has 2 heterocycles. The van der Waals surface area contributed by atoms with Gasteiger partial charge in [0.05, 0.1) is 21.1 Å². The molecule has 5 heteroatoms. The van der Waals surface area contributed by atoms with Crippen LogP contribution in [0.4, 0.5) is 0 Å². The predicted octanol–water partition coefficient (Wildman–Crippen LogP) is 4.18. The Balaban J connectivity index is 2.15. The number of furan rings is 1. The summed E-state index contributed by atoms with van der Waals surface area (Å²) in [5.41, 5.74) is 2.01. The minimum absolute atomic E-state index is 0.540. The lowest BCUT2D eigenvalue weighted by Crippen LogP contribution is -1.99. The Bertz CT molecular complexity index is 578. The second-order valence-electron chi connectivity index (χ2n) is 4.20. The summed E-state index contributed by atoms with van der Waals surface area (Å²) in [5, 5.41) is 0.540. The van der Waals surface area contributed by atoms with Gasteiger partial charge in [0.2, 0.25) is 0 Å². The summed E-state index contributed by atoms with van der Waals surface area (Å²) < 4.78 is 6.26. The molecule has 2 aromatic rings. The SMILES string of the molecule is Cc1occc1-c1nc(Cl)c(I)c(C2CC2)n1. The van der Waals surface area contributed by atoms with Crippen LogP contribution in [0.25, 0.3) is 11.4 Å². The van der Waals surface area contributed by atoms with Crippen LogP contribution < -0.4 is 0 Å². The van der Waals surface area contributed by atoms with Crippen molar-refractivity contribution in [3.8, 4) is 11.4 Å². The lowest BCUT2D eigenvalue weighted by molar-refractivity contribution is 0.535. The molecule has 0 amide bonds. The van der Waals surface area contributed by atoms with Gasteiger partial charge in [-0.15, -0.1) is 0 Å². The molecule has 0 N–H and O–H groups in total. The standard InChI is InChI=1S/C12H10ClIN2O/c1-6-8(4-5-17-6)12-15-10(7-2-3-7)9(14)11(13)16-12/h4-5,7H,2-3H2,1H3. The molecule has 17 heavy (non-hydrogen) atoms. The van der Waals surface area contributed by atoms with Crippen LogP contribution in [0.2, 0.25) is 5.15 Å². The minimum Gasteiger partial charge on any atom is -0.469 e. The number of hydrogen-bond acceptors (Lipinski definition) is 3. The topological polar surface area (TPSA) is 38.9 Å². The summed E-state index contributed by atoms with van der Waals surface area (Å²) in [6.07, 6.45) is 4.05. The van der Waals surface area contributed by atoms with Crippen LogP contribution in [0, 0.1) is 10.5 Å². The summed E-state index contributed by atoms with van der Waals surface area (Å²) in [6, 6.07) is 1.88. The summed E-state index contributed by atoms with van der Waals surface area (Å²) in [5.74, 6) is 2.06. The van der Waals surface area contributed by atoms with Crippen molar-refractivity contribution < 1.29 is 4.42 Å². The second kappa shape index (κ2) is 4.24. The molecule has 0 saturated heterocycles. The fourth-order valence-corrected chi connectivity index (χ4v) is 2.66. The molecule has 0 bridgehead atoms. The van der Waals surface area contributed by atoms with Crippen LogP contribution in [0.5, 0.6) is 0 Å². The molecule has 1 aliphatic carbocycles. The zero-order valence-corrected chi connectivity index (χ0v) is 12.1. The fourth-order valence-electron chi connectivity index (χ4n) is 1.80. The molecule has 1 fully saturated rings. The third-order valence-electron chi connectivity index (χ3n) is 2.90. The van der Waals surface area contributed by atoms with Crippen LogP contribution in [-0.4, -0.2) is 9.97 Å². The molecule has 3 nitrogen and oxygen atoms in total. The van der Waals surface area contributed by atoms with Gasteiger partial charge in [-0.2, -0.15) is 0 Å². The molecule has 88 valence electrons. The molecule has 0 atom stereocenters. The van der Waals surface area contributed by atoms with Crippen molar-refractivity contribution in [1.82, 2.24) is 9.97 Å². The number of rotatable bonds is 2. The van der Waals surface area contributed by atoms with E-state index in [0.717, 1.165) is 20.6 Å². The van der Waals surface area contributed by atoms with E-state index < -0.39 is 0 Å². The highest BCUT2D eigenvalue weighted by molar-refractivity contribution is 14.1. The van der Waals surface area contributed by atoms with Gasteiger partial charge < -0.3 is 4.42 Å². The number of aromatic nitrogens is 2. The van der Waals surface area contributed by atoms with E-state index in [4.69, 9.17) is 16.0 Å².